The van der Waals surface area contributed by atoms with E-state index in [1.165, 1.54) is 7.05 Å². The Bertz CT molecular complexity index is 580. The number of hydrogen-bond donors (Lipinski definition) is 1. The molecule has 1 aromatic carbocycles. The fourth-order valence-corrected chi connectivity index (χ4v) is 1.23. The fraction of sp³-hybridized carbons (Fsp3) is 0.0909. The molecule has 2 aromatic rings. The first-order valence-corrected chi connectivity index (χ1v) is 4.81. The van der Waals surface area contributed by atoms with Gasteiger partial charge >= 0.3 is 0 Å². The summed E-state index contributed by atoms with van der Waals surface area (Å²) in [6.45, 7) is 0. The molecule has 1 N–H and O–H groups in total. The molecule has 0 bridgehead atoms. The highest BCUT2D eigenvalue weighted by Gasteiger charge is 2.13. The zero-order valence-corrected chi connectivity index (χ0v) is 8.97. The molecule has 0 spiro atoms. The van der Waals surface area contributed by atoms with Crippen LogP contribution < -0.4 is 5.32 Å². The number of amides is 1. The number of nitriles is 1. The van der Waals surface area contributed by atoms with Crippen molar-refractivity contribution in [3.63, 3.8) is 0 Å². The molecule has 0 aliphatic rings. The lowest BCUT2D eigenvalue weighted by molar-refractivity contribution is 0.0950. The zero-order chi connectivity index (χ0) is 12.3. The molecule has 0 saturated carbocycles. The van der Waals surface area contributed by atoms with Gasteiger partial charge in [-0.25, -0.2) is 0 Å². The summed E-state index contributed by atoms with van der Waals surface area (Å²) in [5.74, 6) is -0.186. The predicted octanol–water partition coefficient (Wildman–Crippen LogP) is 0.968. The second-order valence-corrected chi connectivity index (χ2v) is 3.19. The van der Waals surface area contributed by atoms with Gasteiger partial charge in [-0.1, -0.05) is 5.16 Å². The number of rotatable bonds is 2. The molecule has 0 radical (unpaired) electrons. The van der Waals surface area contributed by atoms with E-state index in [1.54, 1.807) is 24.3 Å². The molecule has 1 aromatic heterocycles. The summed E-state index contributed by atoms with van der Waals surface area (Å²) >= 11 is 0. The number of nitrogens with one attached hydrogen (secondary N) is 1. The average molecular weight is 228 g/mol. The van der Waals surface area contributed by atoms with Crippen LogP contribution in [0.5, 0.6) is 0 Å². The maximum atomic E-state index is 11.2. The van der Waals surface area contributed by atoms with Crippen molar-refractivity contribution >= 4 is 5.91 Å². The average Bonchev–Trinajstić information content (AvgIpc) is 2.87. The van der Waals surface area contributed by atoms with Crippen LogP contribution in [-0.4, -0.2) is 23.1 Å². The second kappa shape index (κ2) is 4.45. The third kappa shape index (κ3) is 2.13. The lowest BCUT2D eigenvalue weighted by atomic mass is 10.1. The van der Waals surface area contributed by atoms with E-state index in [4.69, 9.17) is 9.78 Å². The Morgan fingerprint density at radius 1 is 1.41 bits per heavy atom. The van der Waals surface area contributed by atoms with Crippen LogP contribution in [0.15, 0.2) is 28.8 Å². The van der Waals surface area contributed by atoms with Gasteiger partial charge in [0, 0.05) is 12.6 Å². The number of nitrogens with zero attached hydrogens (tertiary/aromatic N) is 3. The monoisotopic (exact) mass is 228 g/mol. The summed E-state index contributed by atoms with van der Waals surface area (Å²) in [5.41, 5.74) is 1.20. The van der Waals surface area contributed by atoms with Gasteiger partial charge in [-0.2, -0.15) is 10.2 Å². The molecule has 17 heavy (non-hydrogen) atoms. The molecular formula is C11H8N4O2. The number of aromatic nitrogens is 2. The minimum atomic E-state index is -0.409. The minimum absolute atomic E-state index is 0.0214. The van der Waals surface area contributed by atoms with Gasteiger partial charge in [0.2, 0.25) is 0 Å². The molecular weight excluding hydrogens is 220 g/mol. The molecule has 0 saturated heterocycles. The molecule has 6 nitrogen and oxygen atoms in total. The number of hydrogen-bond acceptors (Lipinski definition) is 5. The molecule has 0 atom stereocenters. The molecule has 1 heterocycles. The molecule has 0 aliphatic heterocycles. The lowest BCUT2D eigenvalue weighted by Gasteiger charge is -1.93. The predicted molar refractivity (Wildman–Crippen MR) is 57.8 cm³/mol. The van der Waals surface area contributed by atoms with Crippen molar-refractivity contribution in [1.29, 1.82) is 5.26 Å². The van der Waals surface area contributed by atoms with Crippen LogP contribution in [0.3, 0.4) is 0 Å². The van der Waals surface area contributed by atoms with Crippen molar-refractivity contribution in [1.82, 2.24) is 15.5 Å². The summed E-state index contributed by atoms with van der Waals surface area (Å²) in [4.78, 5) is 15.2. The number of benzene rings is 1. The standard InChI is InChI=1S/C11H8N4O2/c1-13-10(16)9-14-11(17-15-9)8-4-2-7(6-12)3-5-8/h2-5H,1H3,(H,13,16). The summed E-state index contributed by atoms with van der Waals surface area (Å²) in [6.07, 6.45) is 0. The Kier molecular flexibility index (Phi) is 2.83. The number of carbonyl (C=O) groups excluding carboxylic acids is 1. The van der Waals surface area contributed by atoms with Crippen LogP contribution in [0.1, 0.15) is 16.2 Å². The van der Waals surface area contributed by atoms with Gasteiger partial charge in [0.05, 0.1) is 11.6 Å². The van der Waals surface area contributed by atoms with Crippen LogP contribution in [0.2, 0.25) is 0 Å². The molecule has 0 unspecified atom stereocenters. The van der Waals surface area contributed by atoms with Gasteiger partial charge < -0.3 is 9.84 Å². The SMILES string of the molecule is CNC(=O)c1noc(-c2ccc(C#N)cc2)n1. The smallest absolute Gasteiger partial charge is 0.292 e. The van der Waals surface area contributed by atoms with Gasteiger partial charge in [0.15, 0.2) is 0 Å². The summed E-state index contributed by atoms with van der Waals surface area (Å²) in [7, 11) is 1.49. The van der Waals surface area contributed by atoms with Gasteiger partial charge in [-0.05, 0) is 24.3 Å². The van der Waals surface area contributed by atoms with Crippen LogP contribution in [0.25, 0.3) is 11.5 Å². The van der Waals surface area contributed by atoms with Crippen molar-refractivity contribution in [3.8, 4) is 17.5 Å². The van der Waals surface area contributed by atoms with Gasteiger partial charge in [0.1, 0.15) is 0 Å². The summed E-state index contributed by atoms with van der Waals surface area (Å²) in [6, 6.07) is 8.64. The first kappa shape index (κ1) is 10.8. The molecule has 84 valence electrons. The van der Waals surface area contributed by atoms with Crippen LogP contribution in [-0.2, 0) is 0 Å². The molecule has 0 aliphatic carbocycles. The summed E-state index contributed by atoms with van der Waals surface area (Å²) in [5, 5.41) is 14.6. The van der Waals surface area contributed by atoms with E-state index in [-0.39, 0.29) is 11.7 Å². The van der Waals surface area contributed by atoms with E-state index >= 15 is 0 Å². The lowest BCUT2D eigenvalue weighted by Crippen LogP contribution is -2.19. The highest BCUT2D eigenvalue weighted by atomic mass is 16.5. The van der Waals surface area contributed by atoms with E-state index in [0.717, 1.165) is 0 Å². The quantitative estimate of drug-likeness (QED) is 0.826. The van der Waals surface area contributed by atoms with Crippen molar-refractivity contribution in [3.05, 3.63) is 35.7 Å². The normalized spacial score (nSPS) is 9.65. The molecule has 1 amide bonds. The number of carbonyl (C=O) groups is 1. The second-order valence-electron chi connectivity index (χ2n) is 3.19. The van der Waals surface area contributed by atoms with Crippen molar-refractivity contribution in [2.45, 2.75) is 0 Å². The largest absolute Gasteiger partial charge is 0.352 e. The van der Waals surface area contributed by atoms with Crippen LogP contribution >= 0.6 is 0 Å². The first-order chi connectivity index (χ1) is 8.24. The van der Waals surface area contributed by atoms with E-state index in [2.05, 4.69) is 15.5 Å². The molecule has 6 heteroatoms. The summed E-state index contributed by atoms with van der Waals surface area (Å²) < 4.78 is 4.94. The van der Waals surface area contributed by atoms with Crippen LogP contribution in [0, 0.1) is 11.3 Å². The maximum absolute atomic E-state index is 11.2. The Morgan fingerprint density at radius 2 is 2.12 bits per heavy atom. The van der Waals surface area contributed by atoms with E-state index < -0.39 is 5.91 Å². The minimum Gasteiger partial charge on any atom is -0.352 e. The van der Waals surface area contributed by atoms with Gasteiger partial charge in [0.25, 0.3) is 17.6 Å². The van der Waals surface area contributed by atoms with E-state index in [0.29, 0.717) is 11.1 Å². The van der Waals surface area contributed by atoms with Crippen LogP contribution in [0.4, 0.5) is 0 Å². The first-order valence-electron chi connectivity index (χ1n) is 4.81. The molecule has 2 rings (SSSR count). The van der Waals surface area contributed by atoms with Crippen molar-refractivity contribution in [2.75, 3.05) is 7.05 Å². The Morgan fingerprint density at radius 3 is 2.71 bits per heavy atom. The van der Waals surface area contributed by atoms with E-state index in [9.17, 15) is 4.79 Å². The fourth-order valence-electron chi connectivity index (χ4n) is 1.23. The third-order valence-corrected chi connectivity index (χ3v) is 2.12. The highest BCUT2D eigenvalue weighted by Crippen LogP contribution is 2.17. The Balaban J connectivity index is 2.31. The third-order valence-electron chi connectivity index (χ3n) is 2.12. The van der Waals surface area contributed by atoms with E-state index in [1.807, 2.05) is 6.07 Å². The topological polar surface area (TPSA) is 91.8 Å². The van der Waals surface area contributed by atoms with Crippen molar-refractivity contribution in [2.24, 2.45) is 0 Å². The zero-order valence-electron chi connectivity index (χ0n) is 8.97. The molecule has 0 fully saturated rings. The highest BCUT2D eigenvalue weighted by molar-refractivity contribution is 5.90. The van der Waals surface area contributed by atoms with Gasteiger partial charge in [-0.3, -0.25) is 4.79 Å². The van der Waals surface area contributed by atoms with Gasteiger partial charge in [-0.15, -0.1) is 0 Å². The Labute approximate surface area is 96.9 Å². The van der Waals surface area contributed by atoms with Crippen molar-refractivity contribution < 1.29 is 9.32 Å². The maximum Gasteiger partial charge on any atom is 0.292 e. The Hall–Kier alpha value is -2.68.